The molecule has 34 heavy (non-hydrogen) atoms. The number of para-hydroxylation sites is 2. The molecule has 12 nitrogen and oxygen atoms in total. The number of anilines is 2. The highest BCUT2D eigenvalue weighted by molar-refractivity contribution is 5.75. The van der Waals surface area contributed by atoms with Crippen LogP contribution in [0.25, 0.3) is 11.0 Å². The molecule has 176 valence electrons. The lowest BCUT2D eigenvalue weighted by Gasteiger charge is -2.22. The second-order valence-electron chi connectivity index (χ2n) is 7.26. The number of fused-ring (bicyclic) bond motifs is 1. The Kier molecular flexibility index (Phi) is 6.96. The number of carbonyl (C=O) groups is 1. The van der Waals surface area contributed by atoms with Crippen molar-refractivity contribution in [2.24, 2.45) is 0 Å². The minimum absolute atomic E-state index is 0.0253. The second kappa shape index (κ2) is 10.4. The van der Waals surface area contributed by atoms with Gasteiger partial charge >= 0.3 is 11.7 Å². The number of aromatic amines is 1. The standard InChI is InChI=1S/C22H23N7O5/c1-2-33-19(30)9-10-28(13-15-6-5-11-34-15)22-20(29(31)32)21(24-14-25-22)23-12-18-26-16-7-3-4-8-17(16)27-18/h3-8,11,14H,2,9-10,12-13H2,1H3,(H,26,27)(H,23,24,25). The van der Waals surface area contributed by atoms with E-state index < -0.39 is 10.9 Å². The van der Waals surface area contributed by atoms with Crippen molar-refractivity contribution in [3.05, 3.63) is 70.7 Å². The first-order valence-corrected chi connectivity index (χ1v) is 10.6. The Hall–Kier alpha value is -4.48. The number of imidazole rings is 1. The molecule has 4 rings (SSSR count). The average Bonchev–Trinajstić information content (AvgIpc) is 3.49. The summed E-state index contributed by atoms with van der Waals surface area (Å²) in [4.78, 5) is 40.9. The van der Waals surface area contributed by atoms with Gasteiger partial charge < -0.3 is 24.4 Å². The Morgan fingerprint density at radius 1 is 1.26 bits per heavy atom. The lowest BCUT2D eigenvalue weighted by Crippen LogP contribution is -2.28. The number of nitrogens with zero attached hydrogens (tertiary/aromatic N) is 5. The molecule has 4 aromatic rings. The summed E-state index contributed by atoms with van der Waals surface area (Å²) in [6.45, 7) is 2.47. The van der Waals surface area contributed by atoms with Crippen LogP contribution < -0.4 is 10.2 Å². The van der Waals surface area contributed by atoms with E-state index in [1.807, 2.05) is 24.3 Å². The molecule has 0 aliphatic carbocycles. The van der Waals surface area contributed by atoms with Gasteiger partial charge in [0.1, 0.15) is 17.9 Å². The summed E-state index contributed by atoms with van der Waals surface area (Å²) in [6, 6.07) is 11.0. The summed E-state index contributed by atoms with van der Waals surface area (Å²) in [5, 5.41) is 15.0. The molecule has 0 saturated carbocycles. The Labute approximate surface area is 194 Å². The number of furan rings is 1. The van der Waals surface area contributed by atoms with E-state index in [4.69, 9.17) is 9.15 Å². The summed E-state index contributed by atoms with van der Waals surface area (Å²) in [6.07, 6.45) is 2.77. The highest BCUT2D eigenvalue weighted by Gasteiger charge is 2.28. The molecule has 1 aromatic carbocycles. The van der Waals surface area contributed by atoms with Crippen LogP contribution in [0.1, 0.15) is 24.9 Å². The van der Waals surface area contributed by atoms with Crippen LogP contribution in [0.4, 0.5) is 17.3 Å². The number of ether oxygens (including phenoxy) is 1. The maximum Gasteiger partial charge on any atom is 0.353 e. The molecule has 12 heteroatoms. The monoisotopic (exact) mass is 465 g/mol. The fraction of sp³-hybridized carbons (Fsp3) is 0.273. The van der Waals surface area contributed by atoms with E-state index in [1.54, 1.807) is 24.0 Å². The van der Waals surface area contributed by atoms with Crippen molar-refractivity contribution in [3.8, 4) is 0 Å². The minimum Gasteiger partial charge on any atom is -0.467 e. The van der Waals surface area contributed by atoms with E-state index in [0.717, 1.165) is 11.0 Å². The van der Waals surface area contributed by atoms with Crippen LogP contribution in [0.3, 0.4) is 0 Å². The van der Waals surface area contributed by atoms with Crippen molar-refractivity contribution in [2.45, 2.75) is 26.4 Å². The number of nitrogens with one attached hydrogen (secondary N) is 2. The largest absolute Gasteiger partial charge is 0.467 e. The van der Waals surface area contributed by atoms with Gasteiger partial charge in [-0.2, -0.15) is 0 Å². The van der Waals surface area contributed by atoms with Gasteiger partial charge in [0.2, 0.25) is 11.6 Å². The maximum atomic E-state index is 12.1. The van der Waals surface area contributed by atoms with Crippen LogP contribution >= 0.6 is 0 Å². The zero-order valence-electron chi connectivity index (χ0n) is 18.4. The zero-order valence-corrected chi connectivity index (χ0v) is 18.4. The fourth-order valence-corrected chi connectivity index (χ4v) is 3.47. The van der Waals surface area contributed by atoms with E-state index in [2.05, 4.69) is 25.3 Å². The van der Waals surface area contributed by atoms with Crippen molar-refractivity contribution in [1.82, 2.24) is 19.9 Å². The highest BCUT2D eigenvalue weighted by Crippen LogP contribution is 2.33. The Morgan fingerprint density at radius 3 is 2.85 bits per heavy atom. The maximum absolute atomic E-state index is 12.1. The molecule has 0 saturated heterocycles. The predicted molar refractivity (Wildman–Crippen MR) is 123 cm³/mol. The van der Waals surface area contributed by atoms with Crippen molar-refractivity contribution in [1.29, 1.82) is 0 Å². The number of rotatable bonds is 11. The van der Waals surface area contributed by atoms with Crippen LogP contribution in [0.5, 0.6) is 0 Å². The Morgan fingerprint density at radius 2 is 2.12 bits per heavy atom. The molecule has 0 bridgehead atoms. The third-order valence-electron chi connectivity index (χ3n) is 4.96. The molecule has 0 fully saturated rings. The summed E-state index contributed by atoms with van der Waals surface area (Å²) in [5.74, 6) is 0.856. The number of benzene rings is 1. The Balaban J connectivity index is 1.60. The SMILES string of the molecule is CCOC(=O)CCN(Cc1ccco1)c1ncnc(NCc2nc3ccccc3[nH]2)c1[N+](=O)[O-]. The number of esters is 1. The van der Waals surface area contributed by atoms with Crippen molar-refractivity contribution in [2.75, 3.05) is 23.4 Å². The Bertz CT molecular complexity index is 1240. The number of carbonyl (C=O) groups excluding carboxylic acids is 1. The molecule has 3 aromatic heterocycles. The molecular formula is C22H23N7O5. The molecule has 2 N–H and O–H groups in total. The normalized spacial score (nSPS) is 10.9. The number of nitro groups is 1. The van der Waals surface area contributed by atoms with Gasteiger partial charge in [-0.25, -0.2) is 15.0 Å². The topological polar surface area (TPSA) is 152 Å². The zero-order chi connectivity index (χ0) is 23.9. The van der Waals surface area contributed by atoms with Gasteiger partial charge in [0.15, 0.2) is 0 Å². The molecule has 0 aliphatic rings. The van der Waals surface area contributed by atoms with E-state index in [9.17, 15) is 14.9 Å². The van der Waals surface area contributed by atoms with Crippen LogP contribution in [0.2, 0.25) is 0 Å². The van der Waals surface area contributed by atoms with E-state index in [-0.39, 0.29) is 50.0 Å². The van der Waals surface area contributed by atoms with Gasteiger partial charge in [0.25, 0.3) is 0 Å². The first-order chi connectivity index (χ1) is 16.5. The highest BCUT2D eigenvalue weighted by atomic mass is 16.6. The fourth-order valence-electron chi connectivity index (χ4n) is 3.47. The van der Waals surface area contributed by atoms with Crippen LogP contribution in [-0.4, -0.2) is 44.0 Å². The molecule has 0 amide bonds. The number of aromatic nitrogens is 4. The molecule has 0 radical (unpaired) electrons. The number of hydrogen-bond acceptors (Lipinski definition) is 10. The van der Waals surface area contributed by atoms with Gasteiger partial charge in [0.05, 0.1) is 48.3 Å². The molecule has 0 spiro atoms. The number of H-pyrrole nitrogens is 1. The van der Waals surface area contributed by atoms with Gasteiger partial charge in [0, 0.05) is 6.54 Å². The molecule has 0 unspecified atom stereocenters. The second-order valence-corrected chi connectivity index (χ2v) is 7.26. The van der Waals surface area contributed by atoms with E-state index in [0.29, 0.717) is 11.6 Å². The third kappa shape index (κ3) is 5.28. The van der Waals surface area contributed by atoms with Gasteiger partial charge in [-0.05, 0) is 31.2 Å². The average molecular weight is 465 g/mol. The first kappa shape index (κ1) is 22.7. The van der Waals surface area contributed by atoms with Gasteiger partial charge in [-0.15, -0.1) is 0 Å². The lowest BCUT2D eigenvalue weighted by atomic mass is 10.3. The number of hydrogen-bond donors (Lipinski definition) is 2. The van der Waals surface area contributed by atoms with Crippen molar-refractivity contribution >= 4 is 34.3 Å². The lowest BCUT2D eigenvalue weighted by molar-refractivity contribution is -0.383. The summed E-state index contributed by atoms with van der Waals surface area (Å²) >= 11 is 0. The van der Waals surface area contributed by atoms with Gasteiger partial charge in [-0.3, -0.25) is 14.9 Å². The predicted octanol–water partition coefficient (Wildman–Crippen LogP) is 3.43. The summed E-state index contributed by atoms with van der Waals surface area (Å²) in [7, 11) is 0. The van der Waals surface area contributed by atoms with Crippen LogP contribution in [0.15, 0.2) is 53.4 Å². The van der Waals surface area contributed by atoms with Gasteiger partial charge in [-0.1, -0.05) is 12.1 Å². The summed E-state index contributed by atoms with van der Waals surface area (Å²) in [5.41, 5.74) is 1.34. The minimum atomic E-state index is -0.546. The van der Waals surface area contributed by atoms with Crippen LogP contribution in [-0.2, 0) is 22.6 Å². The first-order valence-electron chi connectivity index (χ1n) is 10.6. The molecule has 0 aliphatic heterocycles. The van der Waals surface area contributed by atoms with E-state index >= 15 is 0 Å². The van der Waals surface area contributed by atoms with Crippen molar-refractivity contribution < 1.29 is 18.9 Å². The van der Waals surface area contributed by atoms with Crippen molar-refractivity contribution in [3.63, 3.8) is 0 Å². The molecular weight excluding hydrogens is 442 g/mol. The van der Waals surface area contributed by atoms with E-state index in [1.165, 1.54) is 12.6 Å². The quantitative estimate of drug-likeness (QED) is 0.191. The van der Waals surface area contributed by atoms with Crippen LogP contribution in [0, 0.1) is 10.1 Å². The smallest absolute Gasteiger partial charge is 0.353 e. The molecule has 3 heterocycles. The summed E-state index contributed by atoms with van der Waals surface area (Å²) < 4.78 is 10.4. The third-order valence-corrected chi connectivity index (χ3v) is 4.96. The molecule has 0 atom stereocenters.